The van der Waals surface area contributed by atoms with Gasteiger partial charge in [-0.25, -0.2) is 18.0 Å². The number of aryl methyl sites for hydroxylation is 1. The molecule has 0 aliphatic rings. The molecule has 0 saturated heterocycles. The highest BCUT2D eigenvalue weighted by Gasteiger charge is 2.17. The summed E-state index contributed by atoms with van der Waals surface area (Å²) in [6, 6.07) is 0.227. The minimum atomic E-state index is -3.20. The van der Waals surface area contributed by atoms with Crippen molar-refractivity contribution in [3.63, 3.8) is 0 Å². The van der Waals surface area contributed by atoms with Crippen LogP contribution in [-0.4, -0.2) is 48.6 Å². The summed E-state index contributed by atoms with van der Waals surface area (Å²) in [5.74, 6) is -1.39. The Bertz CT molecular complexity index is 620. The van der Waals surface area contributed by atoms with E-state index in [0.29, 0.717) is 5.69 Å². The molecule has 1 aromatic rings. The zero-order valence-electron chi connectivity index (χ0n) is 11.4. The Kier molecular flexibility index (Phi) is 4.77. The number of sulfone groups is 1. The van der Waals surface area contributed by atoms with Crippen molar-refractivity contribution in [1.29, 1.82) is 0 Å². The number of rotatable bonds is 5. The normalized spacial score (nSPS) is 12.8. The molecule has 1 atom stereocenters. The van der Waals surface area contributed by atoms with Gasteiger partial charge in [0.15, 0.2) is 0 Å². The van der Waals surface area contributed by atoms with Crippen LogP contribution in [0.1, 0.15) is 23.1 Å². The molecule has 0 aromatic carbocycles. The van der Waals surface area contributed by atoms with Gasteiger partial charge in [-0.1, -0.05) is 0 Å². The van der Waals surface area contributed by atoms with Gasteiger partial charge in [-0.15, -0.1) is 0 Å². The van der Waals surface area contributed by atoms with E-state index in [1.54, 1.807) is 13.8 Å². The van der Waals surface area contributed by atoms with Gasteiger partial charge in [0.2, 0.25) is 0 Å². The second-order valence-electron chi connectivity index (χ2n) is 4.64. The highest BCUT2D eigenvalue weighted by atomic mass is 32.2. The number of amides is 2. The van der Waals surface area contributed by atoms with E-state index < -0.39 is 27.9 Å². The standard InChI is InChI=1S/C11H17N3O5S/c1-6-4-8(9(12-6)10(15)16)14-11(17)13-7(2)5-20(3,18)19/h4,7,12H,5H2,1-3H3,(H,15,16)(H2,13,14,17). The number of nitrogens with one attached hydrogen (secondary N) is 3. The van der Waals surface area contributed by atoms with Gasteiger partial charge in [0.25, 0.3) is 0 Å². The number of carboxylic acids is 1. The summed E-state index contributed by atoms with van der Waals surface area (Å²) in [6.45, 7) is 3.20. The first kappa shape index (κ1) is 16.0. The third-order valence-electron chi connectivity index (χ3n) is 2.34. The molecule has 112 valence electrons. The van der Waals surface area contributed by atoms with Gasteiger partial charge >= 0.3 is 12.0 Å². The second-order valence-corrected chi connectivity index (χ2v) is 6.82. The predicted octanol–water partition coefficient (Wildman–Crippen LogP) is 0.576. The molecule has 0 spiro atoms. The Balaban J connectivity index is 2.70. The van der Waals surface area contributed by atoms with Crippen molar-refractivity contribution < 1.29 is 23.1 Å². The van der Waals surface area contributed by atoms with E-state index in [9.17, 15) is 18.0 Å². The third-order valence-corrected chi connectivity index (χ3v) is 3.45. The zero-order valence-corrected chi connectivity index (χ0v) is 12.2. The number of aromatic carboxylic acids is 1. The van der Waals surface area contributed by atoms with E-state index >= 15 is 0 Å². The molecular weight excluding hydrogens is 286 g/mol. The molecule has 8 nitrogen and oxygen atoms in total. The Morgan fingerprint density at radius 1 is 1.45 bits per heavy atom. The van der Waals surface area contributed by atoms with Crippen LogP contribution in [0.3, 0.4) is 0 Å². The number of aromatic nitrogens is 1. The van der Waals surface area contributed by atoms with Crippen LogP contribution in [-0.2, 0) is 9.84 Å². The highest BCUT2D eigenvalue weighted by Crippen LogP contribution is 2.16. The Morgan fingerprint density at radius 3 is 2.55 bits per heavy atom. The van der Waals surface area contributed by atoms with Gasteiger partial charge < -0.3 is 20.7 Å². The lowest BCUT2D eigenvalue weighted by Gasteiger charge is -2.13. The van der Waals surface area contributed by atoms with Crippen molar-refractivity contribution in [2.24, 2.45) is 0 Å². The van der Waals surface area contributed by atoms with Crippen molar-refractivity contribution in [1.82, 2.24) is 10.3 Å². The van der Waals surface area contributed by atoms with Crippen LogP contribution in [0.2, 0.25) is 0 Å². The number of hydrogen-bond acceptors (Lipinski definition) is 4. The van der Waals surface area contributed by atoms with Gasteiger partial charge in [0.05, 0.1) is 11.4 Å². The SMILES string of the molecule is Cc1cc(NC(=O)NC(C)CS(C)(=O)=O)c(C(=O)O)[nH]1. The molecule has 2 amide bonds. The van der Waals surface area contributed by atoms with Gasteiger partial charge in [-0.2, -0.15) is 0 Å². The second kappa shape index (κ2) is 5.95. The lowest BCUT2D eigenvalue weighted by Crippen LogP contribution is -2.40. The number of H-pyrrole nitrogens is 1. The van der Waals surface area contributed by atoms with Crippen LogP contribution in [0.4, 0.5) is 10.5 Å². The van der Waals surface area contributed by atoms with Crippen LogP contribution in [0.15, 0.2) is 6.07 Å². The van der Waals surface area contributed by atoms with Crippen LogP contribution in [0.5, 0.6) is 0 Å². The monoisotopic (exact) mass is 303 g/mol. The van der Waals surface area contributed by atoms with Crippen molar-refractivity contribution in [2.45, 2.75) is 19.9 Å². The third kappa shape index (κ3) is 4.92. The molecule has 1 aromatic heterocycles. The maximum atomic E-state index is 11.7. The average Bonchev–Trinajstić information content (AvgIpc) is 2.55. The summed E-state index contributed by atoms with van der Waals surface area (Å²) >= 11 is 0. The summed E-state index contributed by atoms with van der Waals surface area (Å²) in [4.78, 5) is 25.2. The lowest BCUT2D eigenvalue weighted by molar-refractivity contribution is 0.0692. The number of carbonyl (C=O) groups excluding carboxylic acids is 1. The molecule has 0 bridgehead atoms. The Labute approximate surface area is 116 Å². The van der Waals surface area contributed by atoms with Crippen LogP contribution < -0.4 is 10.6 Å². The first-order valence-electron chi connectivity index (χ1n) is 5.76. The van der Waals surface area contributed by atoms with E-state index in [1.165, 1.54) is 6.07 Å². The zero-order chi connectivity index (χ0) is 15.5. The molecule has 0 aliphatic carbocycles. The number of carboxylic acid groups (broad SMARTS) is 1. The maximum absolute atomic E-state index is 11.7. The molecule has 0 saturated carbocycles. The average molecular weight is 303 g/mol. The number of aromatic amines is 1. The van der Waals surface area contributed by atoms with Gasteiger partial charge in [-0.05, 0) is 19.9 Å². The van der Waals surface area contributed by atoms with Gasteiger partial charge in [0, 0.05) is 18.0 Å². The number of urea groups is 1. The topological polar surface area (TPSA) is 128 Å². The molecule has 1 unspecified atom stereocenters. The Hall–Kier alpha value is -2.03. The fourth-order valence-corrected chi connectivity index (χ4v) is 2.73. The summed E-state index contributed by atoms with van der Waals surface area (Å²) in [5, 5.41) is 13.7. The molecule has 20 heavy (non-hydrogen) atoms. The smallest absolute Gasteiger partial charge is 0.354 e. The molecule has 1 heterocycles. The van der Waals surface area contributed by atoms with Gasteiger partial charge in [0.1, 0.15) is 15.5 Å². The van der Waals surface area contributed by atoms with Crippen molar-refractivity contribution in [2.75, 3.05) is 17.3 Å². The maximum Gasteiger partial charge on any atom is 0.354 e. The molecule has 9 heteroatoms. The molecule has 0 radical (unpaired) electrons. The molecular formula is C11H17N3O5S. The van der Waals surface area contributed by atoms with Crippen LogP contribution in [0, 0.1) is 6.92 Å². The number of hydrogen-bond donors (Lipinski definition) is 4. The summed E-state index contributed by atoms with van der Waals surface area (Å²) in [7, 11) is -3.20. The molecule has 1 rings (SSSR count). The largest absolute Gasteiger partial charge is 0.477 e. The minimum Gasteiger partial charge on any atom is -0.477 e. The van der Waals surface area contributed by atoms with Crippen molar-refractivity contribution in [3.05, 3.63) is 17.5 Å². The van der Waals surface area contributed by atoms with E-state index in [2.05, 4.69) is 15.6 Å². The fraction of sp³-hybridized carbons (Fsp3) is 0.455. The van der Waals surface area contributed by atoms with Gasteiger partial charge in [-0.3, -0.25) is 0 Å². The molecule has 0 fully saturated rings. The quantitative estimate of drug-likeness (QED) is 0.632. The first-order valence-corrected chi connectivity index (χ1v) is 7.82. The summed E-state index contributed by atoms with van der Waals surface area (Å²) in [5.41, 5.74) is 0.578. The predicted molar refractivity (Wildman–Crippen MR) is 73.8 cm³/mol. The van der Waals surface area contributed by atoms with Crippen LogP contribution in [0.25, 0.3) is 0 Å². The summed E-state index contributed by atoms with van der Waals surface area (Å²) < 4.78 is 22.1. The molecule has 4 N–H and O–H groups in total. The lowest BCUT2D eigenvalue weighted by atomic mass is 10.3. The van der Waals surface area contributed by atoms with Crippen molar-refractivity contribution in [3.8, 4) is 0 Å². The fourth-order valence-electron chi connectivity index (χ4n) is 1.73. The van der Waals surface area contributed by atoms with E-state index in [-0.39, 0.29) is 17.1 Å². The Morgan fingerprint density at radius 2 is 2.05 bits per heavy atom. The number of carbonyl (C=O) groups is 2. The molecule has 0 aliphatic heterocycles. The van der Waals surface area contributed by atoms with Crippen molar-refractivity contribution >= 4 is 27.5 Å². The van der Waals surface area contributed by atoms with E-state index in [0.717, 1.165) is 6.26 Å². The minimum absolute atomic E-state index is 0.124. The summed E-state index contributed by atoms with van der Waals surface area (Å²) in [6.07, 6.45) is 1.07. The first-order chi connectivity index (χ1) is 9.08. The van der Waals surface area contributed by atoms with E-state index in [4.69, 9.17) is 5.11 Å². The van der Waals surface area contributed by atoms with E-state index in [1.807, 2.05) is 0 Å². The highest BCUT2D eigenvalue weighted by molar-refractivity contribution is 7.90. The van der Waals surface area contributed by atoms with Crippen LogP contribution >= 0.6 is 0 Å². The number of anilines is 1.